The molecule has 0 aliphatic rings. The Hall–Kier alpha value is -4.77. The molecule has 1 aromatic heterocycles. The van der Waals surface area contributed by atoms with Crippen molar-refractivity contribution in [1.29, 1.82) is 0 Å². The number of aromatic nitrogens is 1. The average molecular weight is 532 g/mol. The molecule has 1 heterocycles. The van der Waals surface area contributed by atoms with E-state index in [-0.39, 0.29) is 5.97 Å². The zero-order valence-corrected chi connectivity index (χ0v) is 22.8. The number of carbonyl (C=O) groups excluding carboxylic acids is 1. The van der Waals surface area contributed by atoms with E-state index in [0.717, 1.165) is 39.6 Å². The van der Waals surface area contributed by atoms with Gasteiger partial charge in [0.1, 0.15) is 17.2 Å². The van der Waals surface area contributed by atoms with Crippen LogP contribution in [0.5, 0.6) is 17.2 Å². The van der Waals surface area contributed by atoms with Crippen molar-refractivity contribution in [3.05, 3.63) is 138 Å². The predicted molar refractivity (Wildman–Crippen MR) is 158 cm³/mol. The van der Waals surface area contributed by atoms with E-state index in [4.69, 9.17) is 14.2 Å². The maximum atomic E-state index is 12.6. The Morgan fingerprint density at radius 3 is 2.12 bits per heavy atom. The second kappa shape index (κ2) is 12.9. The lowest BCUT2D eigenvalue weighted by Crippen LogP contribution is -2.31. The third-order valence-electron chi connectivity index (χ3n) is 6.66. The molecule has 0 radical (unpaired) electrons. The topological polar surface area (TPSA) is 49.7 Å². The van der Waals surface area contributed by atoms with Gasteiger partial charge < -0.3 is 18.8 Å². The van der Waals surface area contributed by atoms with Crippen LogP contribution >= 0.6 is 0 Å². The first-order valence-electron chi connectivity index (χ1n) is 13.5. The van der Waals surface area contributed by atoms with Crippen molar-refractivity contribution >= 4 is 5.97 Å². The molecule has 202 valence electrons. The predicted octanol–water partition coefficient (Wildman–Crippen LogP) is 7.86. The van der Waals surface area contributed by atoms with Gasteiger partial charge in [-0.3, -0.25) is 0 Å². The van der Waals surface area contributed by atoms with Crippen molar-refractivity contribution in [1.82, 2.24) is 4.57 Å². The van der Waals surface area contributed by atoms with E-state index >= 15 is 0 Å². The van der Waals surface area contributed by atoms with Crippen molar-refractivity contribution < 1.29 is 19.0 Å². The van der Waals surface area contributed by atoms with Gasteiger partial charge in [-0.15, -0.1) is 0 Å². The molecule has 0 unspecified atom stereocenters. The van der Waals surface area contributed by atoms with Crippen LogP contribution in [-0.2, 0) is 22.5 Å². The van der Waals surface area contributed by atoms with Crippen LogP contribution in [0.15, 0.2) is 121 Å². The third-order valence-corrected chi connectivity index (χ3v) is 6.66. The first-order chi connectivity index (χ1) is 19.6. The van der Waals surface area contributed by atoms with Gasteiger partial charge >= 0.3 is 5.97 Å². The minimum Gasteiger partial charge on any atom is -0.478 e. The number of nitrogens with zero attached hydrogens (tertiary/aromatic N) is 1. The van der Waals surface area contributed by atoms with Gasteiger partial charge in [-0.25, -0.2) is 4.79 Å². The molecular weight excluding hydrogens is 498 g/mol. The molecule has 0 bridgehead atoms. The van der Waals surface area contributed by atoms with E-state index < -0.39 is 6.10 Å². The second-order valence-corrected chi connectivity index (χ2v) is 9.58. The minimum absolute atomic E-state index is 0.310. The highest BCUT2D eigenvalue weighted by atomic mass is 16.6. The fourth-order valence-corrected chi connectivity index (χ4v) is 4.65. The standard InChI is InChI=1S/C35H33NO4/c1-3-38-35(37)34(24-27-11-6-4-7-12-27)40-31-20-18-29(19-21-31)33-22-17-26(2)36(33)25-28-13-10-16-32(23-28)39-30-14-8-5-9-15-30/h4-23,34H,3,24-25H2,1-2H3/t34-/m1/s1. The lowest BCUT2D eigenvalue weighted by molar-refractivity contribution is -0.151. The van der Waals surface area contributed by atoms with Crippen molar-refractivity contribution in [3.63, 3.8) is 0 Å². The van der Waals surface area contributed by atoms with Gasteiger partial charge in [0.15, 0.2) is 6.10 Å². The monoisotopic (exact) mass is 531 g/mol. The molecule has 1 atom stereocenters. The van der Waals surface area contributed by atoms with Crippen LogP contribution in [0.3, 0.4) is 0 Å². The fourth-order valence-electron chi connectivity index (χ4n) is 4.65. The maximum absolute atomic E-state index is 12.6. The van der Waals surface area contributed by atoms with Gasteiger partial charge in [-0.1, -0.05) is 60.7 Å². The number of hydrogen-bond acceptors (Lipinski definition) is 4. The number of rotatable bonds is 11. The molecule has 0 saturated heterocycles. The van der Waals surface area contributed by atoms with Gasteiger partial charge in [0, 0.05) is 24.4 Å². The second-order valence-electron chi connectivity index (χ2n) is 9.58. The summed E-state index contributed by atoms with van der Waals surface area (Å²) in [5.41, 5.74) is 5.49. The first kappa shape index (κ1) is 26.8. The summed E-state index contributed by atoms with van der Waals surface area (Å²) in [5, 5.41) is 0. The molecule has 5 rings (SSSR count). The number of aryl methyl sites for hydroxylation is 1. The Bertz CT molecular complexity index is 1530. The zero-order valence-electron chi connectivity index (χ0n) is 22.8. The molecule has 0 aliphatic carbocycles. The SMILES string of the molecule is CCOC(=O)[C@@H](Cc1ccccc1)Oc1ccc(-c2ccc(C)n2Cc2cccc(Oc3ccccc3)c2)cc1. The Morgan fingerprint density at radius 2 is 1.40 bits per heavy atom. The maximum Gasteiger partial charge on any atom is 0.347 e. The molecule has 5 aromatic rings. The molecule has 0 fully saturated rings. The summed E-state index contributed by atoms with van der Waals surface area (Å²) in [6.07, 6.45) is -0.277. The van der Waals surface area contributed by atoms with Crippen LogP contribution in [0.1, 0.15) is 23.7 Å². The molecule has 0 amide bonds. The van der Waals surface area contributed by atoms with Gasteiger partial charge in [0.2, 0.25) is 0 Å². The quantitative estimate of drug-likeness (QED) is 0.163. The number of esters is 1. The van der Waals surface area contributed by atoms with E-state index in [2.05, 4.69) is 35.8 Å². The summed E-state index contributed by atoms with van der Waals surface area (Å²) in [7, 11) is 0. The number of carbonyl (C=O) groups is 1. The van der Waals surface area contributed by atoms with E-state index in [9.17, 15) is 4.79 Å². The lowest BCUT2D eigenvalue weighted by Gasteiger charge is -2.18. The molecule has 0 N–H and O–H groups in total. The van der Waals surface area contributed by atoms with Crippen LogP contribution in [0.2, 0.25) is 0 Å². The molecule has 0 aliphatic heterocycles. The smallest absolute Gasteiger partial charge is 0.347 e. The molecule has 0 saturated carbocycles. The van der Waals surface area contributed by atoms with Crippen LogP contribution < -0.4 is 9.47 Å². The molecule has 4 aromatic carbocycles. The Morgan fingerprint density at radius 1 is 0.725 bits per heavy atom. The Balaban J connectivity index is 1.31. The van der Waals surface area contributed by atoms with Crippen molar-refractivity contribution in [2.75, 3.05) is 6.61 Å². The number of ether oxygens (including phenoxy) is 3. The number of hydrogen-bond donors (Lipinski definition) is 0. The van der Waals surface area contributed by atoms with E-state index in [1.54, 1.807) is 6.92 Å². The normalized spacial score (nSPS) is 11.6. The highest BCUT2D eigenvalue weighted by Crippen LogP contribution is 2.28. The third kappa shape index (κ3) is 6.80. The highest BCUT2D eigenvalue weighted by Gasteiger charge is 2.22. The molecular formula is C35H33NO4. The lowest BCUT2D eigenvalue weighted by atomic mass is 10.1. The molecule has 40 heavy (non-hydrogen) atoms. The van der Waals surface area contributed by atoms with Gasteiger partial charge in [-0.2, -0.15) is 0 Å². The van der Waals surface area contributed by atoms with Crippen molar-refractivity contribution in [2.45, 2.75) is 32.9 Å². The summed E-state index contributed by atoms with van der Waals surface area (Å²) < 4.78 is 19.7. The molecule has 0 spiro atoms. The van der Waals surface area contributed by atoms with Crippen LogP contribution in [-0.4, -0.2) is 23.2 Å². The summed E-state index contributed by atoms with van der Waals surface area (Å²) in [4.78, 5) is 12.6. The summed E-state index contributed by atoms with van der Waals surface area (Å²) in [6.45, 7) is 4.93. The zero-order chi connectivity index (χ0) is 27.7. The number of benzene rings is 4. The van der Waals surface area contributed by atoms with Crippen molar-refractivity contribution in [3.8, 4) is 28.5 Å². The van der Waals surface area contributed by atoms with Gasteiger partial charge in [0.25, 0.3) is 0 Å². The minimum atomic E-state index is -0.718. The molecule has 5 nitrogen and oxygen atoms in total. The van der Waals surface area contributed by atoms with E-state index in [1.807, 2.05) is 97.1 Å². The molecule has 5 heteroatoms. The first-order valence-corrected chi connectivity index (χ1v) is 13.5. The average Bonchev–Trinajstić information content (AvgIpc) is 3.34. The van der Waals surface area contributed by atoms with Crippen LogP contribution in [0, 0.1) is 6.92 Å². The summed E-state index contributed by atoms with van der Waals surface area (Å²) in [5.74, 6) is 1.88. The van der Waals surface area contributed by atoms with Gasteiger partial charge in [-0.05, 0) is 91.2 Å². The Labute approximate surface area is 235 Å². The largest absolute Gasteiger partial charge is 0.478 e. The Kier molecular flexibility index (Phi) is 8.62. The van der Waals surface area contributed by atoms with E-state index in [1.165, 1.54) is 0 Å². The summed E-state index contributed by atoms with van der Waals surface area (Å²) in [6, 6.07) is 39.9. The van der Waals surface area contributed by atoms with E-state index in [0.29, 0.717) is 25.3 Å². The fraction of sp³-hybridized carbons (Fsp3) is 0.171. The highest BCUT2D eigenvalue weighted by molar-refractivity contribution is 5.75. The van der Waals surface area contributed by atoms with Crippen LogP contribution in [0.25, 0.3) is 11.3 Å². The van der Waals surface area contributed by atoms with Crippen LogP contribution in [0.4, 0.5) is 0 Å². The number of para-hydroxylation sites is 1. The van der Waals surface area contributed by atoms with Gasteiger partial charge in [0.05, 0.1) is 6.61 Å². The van der Waals surface area contributed by atoms with Crippen molar-refractivity contribution in [2.24, 2.45) is 0 Å². The summed E-state index contributed by atoms with van der Waals surface area (Å²) >= 11 is 0.